The van der Waals surface area contributed by atoms with E-state index in [-0.39, 0.29) is 38.1 Å². The van der Waals surface area contributed by atoms with Gasteiger partial charge in [0.2, 0.25) is 0 Å². The molecule has 1 amide bonds. The highest BCUT2D eigenvalue weighted by atomic mass is 31.2. The van der Waals surface area contributed by atoms with E-state index in [1.165, 1.54) is 86.5 Å². The van der Waals surface area contributed by atoms with E-state index in [1.54, 1.807) is 0 Å². The summed E-state index contributed by atoms with van der Waals surface area (Å²) in [6.45, 7) is 2.77. The molecule has 13 heteroatoms. The average Bonchev–Trinajstić information content (AvgIpc) is 3.58. The summed E-state index contributed by atoms with van der Waals surface area (Å²) < 4.78 is 39.6. The van der Waals surface area contributed by atoms with Crippen LogP contribution < -0.4 is 10.2 Å². The molecule has 2 atom stereocenters. The second kappa shape index (κ2) is 32.4. The van der Waals surface area contributed by atoms with Gasteiger partial charge in [-0.3, -0.25) is 14.2 Å². The van der Waals surface area contributed by atoms with Gasteiger partial charge in [0.15, 0.2) is 6.10 Å². The summed E-state index contributed by atoms with van der Waals surface area (Å²) >= 11 is 0. The van der Waals surface area contributed by atoms with Crippen molar-refractivity contribution in [2.45, 2.75) is 173 Å². The number of likely N-dealkylation sites (N-methyl/N-ethyl adjacent to an activating group) is 1. The first-order chi connectivity index (χ1) is 30.9. The van der Waals surface area contributed by atoms with Gasteiger partial charge in [-0.05, 0) is 41.5 Å². The summed E-state index contributed by atoms with van der Waals surface area (Å²) in [6, 6.07) is 16.6. The van der Waals surface area contributed by atoms with E-state index in [4.69, 9.17) is 23.3 Å². The summed E-state index contributed by atoms with van der Waals surface area (Å²) in [7, 11) is 1.10. The van der Waals surface area contributed by atoms with Gasteiger partial charge in [0.05, 0.1) is 27.7 Å². The number of esters is 2. The first-order valence-corrected chi connectivity index (χ1v) is 26.2. The van der Waals surface area contributed by atoms with Crippen LogP contribution in [0.2, 0.25) is 0 Å². The maximum Gasteiger partial charge on any atom is 0.407 e. The zero-order valence-corrected chi connectivity index (χ0v) is 40.9. The SMILES string of the molecule is CCCCCCCCCCCCCCCC(=O)OC[C@H](COP(=O)([O-])OCC[N+](C)(C)C)OC(=O)CCCCCCCCCCCNC(=O)OCC1c2ccccc2-c2ccccc21. The van der Waals surface area contributed by atoms with Gasteiger partial charge in [0.1, 0.15) is 26.4 Å². The van der Waals surface area contributed by atoms with Gasteiger partial charge in [-0.2, -0.15) is 0 Å². The minimum absolute atomic E-state index is 0.0491. The van der Waals surface area contributed by atoms with Gasteiger partial charge in [0, 0.05) is 25.3 Å². The molecule has 64 heavy (non-hydrogen) atoms. The van der Waals surface area contributed by atoms with E-state index in [2.05, 4.69) is 36.5 Å². The molecule has 1 N–H and O–H groups in total. The number of quaternary nitrogens is 1. The van der Waals surface area contributed by atoms with Crippen LogP contribution in [0.25, 0.3) is 11.1 Å². The molecular weight excluding hydrogens is 832 g/mol. The number of amides is 1. The molecule has 12 nitrogen and oxygen atoms in total. The minimum Gasteiger partial charge on any atom is -0.756 e. The van der Waals surface area contributed by atoms with Gasteiger partial charge in [-0.15, -0.1) is 0 Å². The Hall–Kier alpha value is -3.28. The average molecular weight is 915 g/mol. The molecule has 0 bridgehead atoms. The summed E-state index contributed by atoms with van der Waals surface area (Å²) in [4.78, 5) is 50.2. The van der Waals surface area contributed by atoms with Crippen LogP contribution in [-0.2, 0) is 37.4 Å². The highest BCUT2D eigenvalue weighted by Crippen LogP contribution is 2.44. The molecule has 0 saturated heterocycles. The van der Waals surface area contributed by atoms with Gasteiger partial charge >= 0.3 is 18.0 Å². The first-order valence-electron chi connectivity index (χ1n) is 24.7. The van der Waals surface area contributed by atoms with Gasteiger partial charge in [0.25, 0.3) is 7.82 Å². The van der Waals surface area contributed by atoms with Crippen molar-refractivity contribution in [1.29, 1.82) is 0 Å². The Bertz CT molecular complexity index is 1600. The van der Waals surface area contributed by atoms with E-state index in [1.807, 2.05) is 45.4 Å². The van der Waals surface area contributed by atoms with Crippen molar-refractivity contribution < 1.29 is 51.6 Å². The summed E-state index contributed by atoms with van der Waals surface area (Å²) in [5, 5.41) is 2.90. The quantitative estimate of drug-likeness (QED) is 0.0227. The summed E-state index contributed by atoms with van der Waals surface area (Å²) in [6.07, 6.45) is 23.5. The fourth-order valence-electron chi connectivity index (χ4n) is 8.02. The van der Waals surface area contributed by atoms with E-state index >= 15 is 0 Å². The predicted octanol–water partition coefficient (Wildman–Crippen LogP) is 11.6. The number of fused-ring (bicyclic) bond motifs is 3. The maximum atomic E-state index is 12.8. The second-order valence-electron chi connectivity index (χ2n) is 18.6. The molecule has 0 aromatic heterocycles. The lowest BCUT2D eigenvalue weighted by molar-refractivity contribution is -0.870. The Kier molecular flexibility index (Phi) is 27.9. The molecule has 0 heterocycles. The zero-order valence-electron chi connectivity index (χ0n) is 40.0. The van der Waals surface area contributed by atoms with Crippen molar-refractivity contribution in [1.82, 2.24) is 5.32 Å². The third kappa shape index (κ3) is 24.9. The molecule has 1 unspecified atom stereocenters. The van der Waals surface area contributed by atoms with Crippen molar-refractivity contribution in [2.24, 2.45) is 0 Å². The summed E-state index contributed by atoms with van der Waals surface area (Å²) in [5.41, 5.74) is 4.82. The molecule has 0 aliphatic heterocycles. The zero-order chi connectivity index (χ0) is 46.3. The van der Waals surface area contributed by atoms with Crippen LogP contribution in [0.4, 0.5) is 4.79 Å². The van der Waals surface area contributed by atoms with Crippen LogP contribution in [0.5, 0.6) is 0 Å². The fraction of sp³-hybridized carbons (Fsp3) is 0.706. The summed E-state index contributed by atoms with van der Waals surface area (Å²) in [5.74, 6) is -0.841. The van der Waals surface area contributed by atoms with E-state index in [0.717, 1.165) is 70.6 Å². The third-order valence-electron chi connectivity index (χ3n) is 11.8. The van der Waals surface area contributed by atoms with Crippen LogP contribution >= 0.6 is 7.82 Å². The van der Waals surface area contributed by atoms with Crippen molar-refractivity contribution in [2.75, 3.05) is 60.7 Å². The Morgan fingerprint density at radius 2 is 1.09 bits per heavy atom. The van der Waals surface area contributed by atoms with Crippen molar-refractivity contribution in [3.05, 3.63) is 59.7 Å². The maximum absolute atomic E-state index is 12.8. The number of phosphoric ester groups is 1. The number of nitrogens with one attached hydrogen (secondary N) is 1. The molecule has 362 valence electrons. The number of ether oxygens (including phenoxy) is 3. The largest absolute Gasteiger partial charge is 0.756 e. The number of nitrogens with zero attached hydrogens (tertiary/aromatic N) is 1. The molecule has 1 aliphatic rings. The number of benzene rings is 2. The highest BCUT2D eigenvalue weighted by Gasteiger charge is 2.29. The Balaban J connectivity index is 1.22. The lowest BCUT2D eigenvalue weighted by Gasteiger charge is -2.28. The van der Waals surface area contributed by atoms with Gasteiger partial charge in [-0.1, -0.05) is 177 Å². The number of alkyl carbamates (subject to hydrolysis) is 1. The van der Waals surface area contributed by atoms with E-state index in [0.29, 0.717) is 30.6 Å². The molecule has 0 fully saturated rings. The number of unbranched alkanes of at least 4 members (excludes halogenated alkanes) is 20. The number of hydrogen-bond donors (Lipinski definition) is 1. The van der Waals surface area contributed by atoms with E-state index < -0.39 is 32.5 Å². The smallest absolute Gasteiger partial charge is 0.407 e. The molecule has 2 aromatic carbocycles. The van der Waals surface area contributed by atoms with Crippen LogP contribution in [0.15, 0.2) is 48.5 Å². The van der Waals surface area contributed by atoms with Crippen molar-refractivity contribution in [3.63, 3.8) is 0 Å². The third-order valence-corrected chi connectivity index (χ3v) is 12.8. The number of phosphoric acid groups is 1. The molecule has 0 saturated carbocycles. The van der Waals surface area contributed by atoms with Crippen LogP contribution in [0.1, 0.15) is 178 Å². The lowest BCUT2D eigenvalue weighted by Crippen LogP contribution is -2.37. The first kappa shape index (κ1) is 55.1. The van der Waals surface area contributed by atoms with Crippen LogP contribution in [0, 0.1) is 0 Å². The number of hydrogen-bond acceptors (Lipinski definition) is 10. The molecule has 0 radical (unpaired) electrons. The highest BCUT2D eigenvalue weighted by molar-refractivity contribution is 7.45. The minimum atomic E-state index is -4.66. The monoisotopic (exact) mass is 915 g/mol. The molecule has 3 rings (SSSR count). The van der Waals surface area contributed by atoms with Crippen molar-refractivity contribution >= 4 is 25.9 Å². The Labute approximate surface area is 386 Å². The number of carbonyl (C=O) groups is 3. The van der Waals surface area contributed by atoms with Crippen molar-refractivity contribution in [3.8, 4) is 11.1 Å². The van der Waals surface area contributed by atoms with Crippen LogP contribution in [-0.4, -0.2) is 89.3 Å². The van der Waals surface area contributed by atoms with Gasteiger partial charge in [-0.25, -0.2) is 4.79 Å². The number of carbonyl (C=O) groups excluding carboxylic acids is 3. The van der Waals surface area contributed by atoms with Crippen LogP contribution in [0.3, 0.4) is 0 Å². The Morgan fingerprint density at radius 3 is 1.61 bits per heavy atom. The topological polar surface area (TPSA) is 150 Å². The molecule has 0 spiro atoms. The molecule has 2 aromatic rings. The Morgan fingerprint density at radius 1 is 0.625 bits per heavy atom. The standard InChI is InChI=1S/C51H83N2O10P/c1-5-6-7-8-9-10-11-12-13-15-18-21-24-35-49(54)59-40-43(41-62-64(57,58)61-39-38-53(2,3)4)63-50(55)36-25-22-19-16-14-17-20-23-30-37-52-51(56)60-42-48-46-33-28-26-31-44(46)45-32-27-29-34-47(45)48/h26-29,31-34,43,48H,5-25,30,35-42H2,1-4H3,(H-,52,56,57,58)/t43-/m1/s1. The van der Waals surface area contributed by atoms with E-state index in [9.17, 15) is 23.8 Å². The molecular formula is C51H83N2O10P. The fourth-order valence-corrected chi connectivity index (χ4v) is 8.74. The number of rotatable bonds is 38. The second-order valence-corrected chi connectivity index (χ2v) is 20.0. The predicted molar refractivity (Wildman–Crippen MR) is 253 cm³/mol. The normalized spacial score (nSPS) is 13.8. The molecule has 1 aliphatic carbocycles. The van der Waals surface area contributed by atoms with Gasteiger partial charge < -0.3 is 38.0 Å². The lowest BCUT2D eigenvalue weighted by atomic mass is 9.98.